The van der Waals surface area contributed by atoms with Crippen LogP contribution in [0, 0.1) is 5.82 Å². The smallest absolute Gasteiger partial charge is 0.244 e. The standard InChI is InChI=1S/C21H22FNO3/c1-3-25-19-11-16-10-14(2)26-20(16)12-17(19)13-23-21(24)9-6-15-4-7-18(22)8-5-15/h4-9,11-12,14H,3,10,13H2,1-2H3,(H,23,24)/b9-6+/t14-/m1/s1. The second-order valence-corrected chi connectivity index (χ2v) is 6.24. The molecule has 2 aromatic rings. The molecule has 0 saturated carbocycles. The van der Waals surface area contributed by atoms with Gasteiger partial charge in [-0.1, -0.05) is 12.1 Å². The van der Waals surface area contributed by atoms with E-state index in [4.69, 9.17) is 9.47 Å². The molecule has 0 unspecified atom stereocenters. The molecule has 1 atom stereocenters. The quantitative estimate of drug-likeness (QED) is 0.800. The number of hydrogen-bond donors (Lipinski definition) is 1. The average molecular weight is 355 g/mol. The van der Waals surface area contributed by atoms with E-state index in [1.54, 1.807) is 18.2 Å². The third kappa shape index (κ3) is 4.42. The van der Waals surface area contributed by atoms with Gasteiger partial charge in [0.2, 0.25) is 5.91 Å². The highest BCUT2D eigenvalue weighted by molar-refractivity contribution is 5.91. The largest absolute Gasteiger partial charge is 0.494 e. The molecular weight excluding hydrogens is 333 g/mol. The SMILES string of the molecule is CCOc1cc2c(cc1CNC(=O)/C=C/c1ccc(F)cc1)O[C@H](C)C2. The number of rotatable bonds is 6. The van der Waals surface area contributed by atoms with Crippen LogP contribution in [-0.2, 0) is 17.8 Å². The molecule has 3 rings (SSSR count). The van der Waals surface area contributed by atoms with Gasteiger partial charge in [-0.15, -0.1) is 0 Å². The molecule has 4 nitrogen and oxygen atoms in total. The van der Waals surface area contributed by atoms with Gasteiger partial charge in [-0.2, -0.15) is 0 Å². The monoisotopic (exact) mass is 355 g/mol. The van der Waals surface area contributed by atoms with Crippen molar-refractivity contribution < 1.29 is 18.7 Å². The van der Waals surface area contributed by atoms with Gasteiger partial charge in [0, 0.05) is 30.2 Å². The number of benzene rings is 2. The number of ether oxygens (including phenoxy) is 2. The lowest BCUT2D eigenvalue weighted by atomic mass is 10.1. The van der Waals surface area contributed by atoms with E-state index < -0.39 is 0 Å². The Labute approximate surface area is 152 Å². The molecule has 1 N–H and O–H groups in total. The van der Waals surface area contributed by atoms with Crippen LogP contribution in [0.5, 0.6) is 11.5 Å². The Hall–Kier alpha value is -2.82. The lowest BCUT2D eigenvalue weighted by Crippen LogP contribution is -2.20. The number of halogens is 1. The first kappa shape index (κ1) is 18.0. The van der Waals surface area contributed by atoms with Crippen molar-refractivity contribution >= 4 is 12.0 Å². The molecule has 1 heterocycles. The van der Waals surface area contributed by atoms with Crippen LogP contribution in [0.15, 0.2) is 42.5 Å². The van der Waals surface area contributed by atoms with Crippen molar-refractivity contribution in [2.24, 2.45) is 0 Å². The minimum Gasteiger partial charge on any atom is -0.494 e. The van der Waals surface area contributed by atoms with E-state index in [0.717, 1.165) is 34.6 Å². The van der Waals surface area contributed by atoms with Crippen molar-refractivity contribution in [1.29, 1.82) is 0 Å². The van der Waals surface area contributed by atoms with E-state index in [2.05, 4.69) is 5.32 Å². The van der Waals surface area contributed by atoms with Gasteiger partial charge in [0.1, 0.15) is 23.4 Å². The first-order valence-corrected chi connectivity index (χ1v) is 8.72. The molecule has 5 heteroatoms. The lowest BCUT2D eigenvalue weighted by Gasteiger charge is -2.13. The summed E-state index contributed by atoms with van der Waals surface area (Å²) in [5.74, 6) is 1.09. The molecule has 0 spiro atoms. The molecule has 1 amide bonds. The van der Waals surface area contributed by atoms with Crippen LogP contribution >= 0.6 is 0 Å². The second-order valence-electron chi connectivity index (χ2n) is 6.24. The minimum absolute atomic E-state index is 0.156. The van der Waals surface area contributed by atoms with Crippen molar-refractivity contribution in [2.75, 3.05) is 6.61 Å². The van der Waals surface area contributed by atoms with Gasteiger partial charge in [-0.25, -0.2) is 4.39 Å². The zero-order valence-electron chi connectivity index (χ0n) is 14.9. The van der Waals surface area contributed by atoms with Crippen LogP contribution in [0.2, 0.25) is 0 Å². The number of carbonyl (C=O) groups excluding carboxylic acids is 1. The topological polar surface area (TPSA) is 47.6 Å². The zero-order chi connectivity index (χ0) is 18.5. The number of nitrogens with one attached hydrogen (secondary N) is 1. The highest BCUT2D eigenvalue weighted by Gasteiger charge is 2.21. The van der Waals surface area contributed by atoms with Gasteiger partial charge in [0.25, 0.3) is 0 Å². The summed E-state index contributed by atoms with van der Waals surface area (Å²) >= 11 is 0. The maximum Gasteiger partial charge on any atom is 0.244 e. The molecule has 0 fully saturated rings. The number of fused-ring (bicyclic) bond motifs is 1. The third-order valence-corrected chi connectivity index (χ3v) is 4.13. The molecule has 0 radical (unpaired) electrons. The van der Waals surface area contributed by atoms with E-state index >= 15 is 0 Å². The summed E-state index contributed by atoms with van der Waals surface area (Å²) in [5.41, 5.74) is 2.77. The lowest BCUT2D eigenvalue weighted by molar-refractivity contribution is -0.116. The van der Waals surface area contributed by atoms with E-state index in [9.17, 15) is 9.18 Å². The second kappa shape index (κ2) is 8.04. The van der Waals surface area contributed by atoms with Crippen molar-refractivity contribution in [3.63, 3.8) is 0 Å². The Kier molecular flexibility index (Phi) is 5.56. The summed E-state index contributed by atoms with van der Waals surface area (Å²) in [5, 5.41) is 2.85. The van der Waals surface area contributed by atoms with Gasteiger partial charge in [-0.05, 0) is 49.8 Å². The van der Waals surface area contributed by atoms with E-state index in [1.165, 1.54) is 18.2 Å². The van der Waals surface area contributed by atoms with Crippen molar-refractivity contribution in [3.8, 4) is 11.5 Å². The predicted molar refractivity (Wildman–Crippen MR) is 98.7 cm³/mol. The fourth-order valence-electron chi connectivity index (χ4n) is 2.90. The Morgan fingerprint density at radius 3 is 2.85 bits per heavy atom. The van der Waals surface area contributed by atoms with Crippen LogP contribution in [0.3, 0.4) is 0 Å². The van der Waals surface area contributed by atoms with Crippen molar-refractivity contribution in [3.05, 3.63) is 65.0 Å². The van der Waals surface area contributed by atoms with Crippen molar-refractivity contribution in [1.82, 2.24) is 5.32 Å². The first-order chi connectivity index (χ1) is 12.5. The molecule has 1 aliphatic rings. The summed E-state index contributed by atoms with van der Waals surface area (Å²) in [7, 11) is 0. The number of amides is 1. The molecule has 1 aliphatic heterocycles. The van der Waals surface area contributed by atoms with Crippen LogP contribution in [0.4, 0.5) is 4.39 Å². The van der Waals surface area contributed by atoms with Crippen molar-refractivity contribution in [2.45, 2.75) is 32.9 Å². The van der Waals surface area contributed by atoms with Crippen LogP contribution in [0.25, 0.3) is 6.08 Å². The Balaban J connectivity index is 1.66. The van der Waals surface area contributed by atoms with E-state index in [0.29, 0.717) is 13.2 Å². The minimum atomic E-state index is -0.303. The highest BCUT2D eigenvalue weighted by Crippen LogP contribution is 2.35. The molecule has 26 heavy (non-hydrogen) atoms. The molecule has 2 aromatic carbocycles. The molecule has 0 aliphatic carbocycles. The summed E-state index contributed by atoms with van der Waals surface area (Å²) in [6.45, 7) is 4.86. The van der Waals surface area contributed by atoms with Gasteiger partial charge in [0.05, 0.1) is 6.61 Å². The van der Waals surface area contributed by atoms with Crippen LogP contribution < -0.4 is 14.8 Å². The fourth-order valence-corrected chi connectivity index (χ4v) is 2.90. The van der Waals surface area contributed by atoms with Crippen LogP contribution in [0.1, 0.15) is 30.5 Å². The van der Waals surface area contributed by atoms with Crippen LogP contribution in [-0.4, -0.2) is 18.6 Å². The summed E-state index contributed by atoms with van der Waals surface area (Å²) < 4.78 is 24.4. The number of hydrogen-bond acceptors (Lipinski definition) is 3. The van der Waals surface area contributed by atoms with E-state index in [-0.39, 0.29) is 17.8 Å². The molecule has 136 valence electrons. The van der Waals surface area contributed by atoms with E-state index in [1.807, 2.05) is 26.0 Å². The zero-order valence-corrected chi connectivity index (χ0v) is 14.9. The van der Waals surface area contributed by atoms with Gasteiger partial charge < -0.3 is 14.8 Å². The summed E-state index contributed by atoms with van der Waals surface area (Å²) in [6.07, 6.45) is 4.09. The van der Waals surface area contributed by atoms with Gasteiger partial charge in [0.15, 0.2) is 0 Å². The maximum atomic E-state index is 12.9. The third-order valence-electron chi connectivity index (χ3n) is 4.13. The summed E-state index contributed by atoms with van der Waals surface area (Å²) in [6, 6.07) is 9.89. The Morgan fingerprint density at radius 1 is 1.35 bits per heavy atom. The highest BCUT2D eigenvalue weighted by atomic mass is 19.1. The fraction of sp³-hybridized carbons (Fsp3) is 0.286. The molecule has 0 saturated heterocycles. The van der Waals surface area contributed by atoms with Gasteiger partial charge >= 0.3 is 0 Å². The molecule has 0 aromatic heterocycles. The predicted octanol–water partition coefficient (Wildman–Crippen LogP) is 3.88. The normalized spacial score (nSPS) is 15.6. The summed E-state index contributed by atoms with van der Waals surface area (Å²) in [4.78, 5) is 12.1. The first-order valence-electron chi connectivity index (χ1n) is 8.72. The average Bonchev–Trinajstić information content (AvgIpc) is 2.98. The number of carbonyl (C=O) groups is 1. The maximum absolute atomic E-state index is 12.9. The Morgan fingerprint density at radius 2 is 2.12 bits per heavy atom. The van der Waals surface area contributed by atoms with Gasteiger partial charge in [-0.3, -0.25) is 4.79 Å². The molecular formula is C21H22FNO3. The molecule has 0 bridgehead atoms. The Bertz CT molecular complexity index is 815.